The standard InChI is InChI=1S/C15H10FNO2/c16-13-4-2-11(3-5-13)15(19)14-6-1-10(8-17)7-12(14)9-18/h1-7,9,15,19H. The molecular weight excluding hydrogens is 245 g/mol. The first-order valence-corrected chi connectivity index (χ1v) is 5.58. The maximum absolute atomic E-state index is 12.8. The Labute approximate surface area is 109 Å². The molecule has 19 heavy (non-hydrogen) atoms. The Morgan fingerprint density at radius 1 is 1.21 bits per heavy atom. The minimum absolute atomic E-state index is 0.246. The Balaban J connectivity index is 2.44. The Hall–Kier alpha value is -2.51. The Morgan fingerprint density at radius 3 is 2.47 bits per heavy atom. The maximum Gasteiger partial charge on any atom is 0.150 e. The summed E-state index contributed by atoms with van der Waals surface area (Å²) in [5, 5.41) is 19.0. The minimum atomic E-state index is -1.03. The van der Waals surface area contributed by atoms with Gasteiger partial charge in [0.2, 0.25) is 0 Å². The third kappa shape index (κ3) is 2.67. The summed E-state index contributed by atoms with van der Waals surface area (Å²) >= 11 is 0. The number of halogens is 1. The van der Waals surface area contributed by atoms with Gasteiger partial charge >= 0.3 is 0 Å². The molecule has 1 unspecified atom stereocenters. The third-order valence-corrected chi connectivity index (χ3v) is 2.82. The second kappa shape index (κ2) is 5.42. The molecule has 0 aliphatic heterocycles. The molecule has 0 saturated carbocycles. The molecule has 0 aliphatic rings. The van der Waals surface area contributed by atoms with E-state index >= 15 is 0 Å². The van der Waals surface area contributed by atoms with Crippen molar-refractivity contribution in [2.45, 2.75) is 6.10 Å². The molecule has 1 atom stereocenters. The van der Waals surface area contributed by atoms with Crippen LogP contribution in [-0.4, -0.2) is 11.4 Å². The fourth-order valence-electron chi connectivity index (χ4n) is 1.82. The zero-order valence-electron chi connectivity index (χ0n) is 9.88. The molecule has 0 aliphatic carbocycles. The summed E-state index contributed by atoms with van der Waals surface area (Å²) in [6.45, 7) is 0. The smallest absolute Gasteiger partial charge is 0.150 e. The van der Waals surface area contributed by atoms with Crippen LogP contribution >= 0.6 is 0 Å². The number of benzene rings is 2. The molecule has 1 N–H and O–H groups in total. The number of aliphatic hydroxyl groups is 1. The molecule has 4 heteroatoms. The molecule has 0 fully saturated rings. The summed E-state index contributed by atoms with van der Waals surface area (Å²) in [4.78, 5) is 11.0. The number of nitriles is 1. The Morgan fingerprint density at radius 2 is 1.89 bits per heavy atom. The zero-order valence-corrected chi connectivity index (χ0v) is 9.88. The van der Waals surface area contributed by atoms with Crippen LogP contribution in [0.5, 0.6) is 0 Å². The number of carbonyl (C=O) groups excluding carboxylic acids is 1. The van der Waals surface area contributed by atoms with E-state index in [-0.39, 0.29) is 5.56 Å². The monoisotopic (exact) mass is 255 g/mol. The summed E-state index contributed by atoms with van der Waals surface area (Å²) in [5.41, 5.74) is 1.46. The van der Waals surface area contributed by atoms with Crippen molar-refractivity contribution in [2.24, 2.45) is 0 Å². The first-order valence-electron chi connectivity index (χ1n) is 5.58. The highest BCUT2D eigenvalue weighted by molar-refractivity contribution is 5.78. The van der Waals surface area contributed by atoms with Crippen LogP contribution in [0.3, 0.4) is 0 Å². The molecular formula is C15H10FNO2. The lowest BCUT2D eigenvalue weighted by Gasteiger charge is -2.13. The van der Waals surface area contributed by atoms with Gasteiger partial charge in [-0.1, -0.05) is 18.2 Å². The van der Waals surface area contributed by atoms with Gasteiger partial charge in [-0.15, -0.1) is 0 Å². The van der Waals surface area contributed by atoms with Crippen molar-refractivity contribution in [1.82, 2.24) is 0 Å². The van der Waals surface area contributed by atoms with Gasteiger partial charge in [-0.3, -0.25) is 4.79 Å². The van der Waals surface area contributed by atoms with Crippen LogP contribution in [0, 0.1) is 17.1 Å². The molecule has 2 aromatic carbocycles. The van der Waals surface area contributed by atoms with E-state index in [4.69, 9.17) is 5.26 Å². The van der Waals surface area contributed by atoms with Crippen LogP contribution in [0.15, 0.2) is 42.5 Å². The molecule has 2 rings (SSSR count). The third-order valence-electron chi connectivity index (χ3n) is 2.82. The summed E-state index contributed by atoms with van der Waals surface area (Å²) in [6, 6.07) is 11.8. The van der Waals surface area contributed by atoms with Crippen molar-refractivity contribution in [2.75, 3.05) is 0 Å². The van der Waals surface area contributed by atoms with Gasteiger partial charge in [-0.05, 0) is 35.4 Å². The predicted octanol–water partition coefficient (Wildman–Crippen LogP) is 2.59. The van der Waals surface area contributed by atoms with Crippen molar-refractivity contribution >= 4 is 6.29 Å². The Bertz CT molecular complexity index is 644. The van der Waals surface area contributed by atoms with Gasteiger partial charge in [-0.2, -0.15) is 5.26 Å². The molecule has 0 heterocycles. The normalized spacial score (nSPS) is 11.6. The van der Waals surface area contributed by atoms with Crippen LogP contribution in [0.25, 0.3) is 0 Å². The van der Waals surface area contributed by atoms with E-state index in [9.17, 15) is 14.3 Å². The van der Waals surface area contributed by atoms with E-state index in [2.05, 4.69) is 0 Å². The Kier molecular flexibility index (Phi) is 3.69. The molecule has 3 nitrogen and oxygen atoms in total. The summed E-state index contributed by atoms with van der Waals surface area (Å²) in [6.07, 6.45) is -0.448. The van der Waals surface area contributed by atoms with E-state index in [1.54, 1.807) is 0 Å². The predicted molar refractivity (Wildman–Crippen MR) is 67.0 cm³/mol. The molecule has 0 amide bonds. The number of carbonyl (C=O) groups is 1. The maximum atomic E-state index is 12.8. The van der Waals surface area contributed by atoms with E-state index in [0.717, 1.165) is 0 Å². The zero-order chi connectivity index (χ0) is 13.8. The van der Waals surface area contributed by atoms with Crippen LogP contribution in [0.1, 0.15) is 33.2 Å². The van der Waals surface area contributed by atoms with Gasteiger partial charge in [0.05, 0.1) is 11.6 Å². The largest absolute Gasteiger partial charge is 0.384 e. The molecule has 0 radical (unpaired) electrons. The molecule has 0 spiro atoms. The lowest BCUT2D eigenvalue weighted by atomic mass is 9.96. The lowest BCUT2D eigenvalue weighted by Crippen LogP contribution is -2.04. The number of nitrogens with zero attached hydrogens (tertiary/aromatic N) is 1. The quantitative estimate of drug-likeness (QED) is 0.857. The van der Waals surface area contributed by atoms with Crippen molar-refractivity contribution in [3.05, 3.63) is 70.5 Å². The van der Waals surface area contributed by atoms with Gasteiger partial charge in [0, 0.05) is 5.56 Å². The topological polar surface area (TPSA) is 61.1 Å². The summed E-state index contributed by atoms with van der Waals surface area (Å²) in [7, 11) is 0. The van der Waals surface area contributed by atoms with Crippen LogP contribution < -0.4 is 0 Å². The van der Waals surface area contributed by atoms with E-state index in [1.165, 1.54) is 42.5 Å². The van der Waals surface area contributed by atoms with Crippen LogP contribution in [0.4, 0.5) is 4.39 Å². The fraction of sp³-hybridized carbons (Fsp3) is 0.0667. The first kappa shape index (κ1) is 12.9. The SMILES string of the molecule is N#Cc1ccc(C(O)c2ccc(F)cc2)c(C=O)c1. The highest BCUT2D eigenvalue weighted by Crippen LogP contribution is 2.25. The average Bonchev–Trinajstić information content (AvgIpc) is 2.46. The van der Waals surface area contributed by atoms with Crippen molar-refractivity contribution in [1.29, 1.82) is 5.26 Å². The van der Waals surface area contributed by atoms with Gasteiger partial charge in [-0.25, -0.2) is 4.39 Å². The van der Waals surface area contributed by atoms with Crippen LogP contribution in [0.2, 0.25) is 0 Å². The van der Waals surface area contributed by atoms with Crippen molar-refractivity contribution in [3.8, 4) is 6.07 Å². The minimum Gasteiger partial charge on any atom is -0.384 e. The number of aldehydes is 1. The highest BCUT2D eigenvalue weighted by Gasteiger charge is 2.15. The highest BCUT2D eigenvalue weighted by atomic mass is 19.1. The van der Waals surface area contributed by atoms with E-state index in [1.807, 2.05) is 6.07 Å². The fourth-order valence-corrected chi connectivity index (χ4v) is 1.82. The molecule has 94 valence electrons. The molecule has 0 saturated heterocycles. The molecule has 0 aromatic heterocycles. The van der Waals surface area contributed by atoms with Crippen LogP contribution in [-0.2, 0) is 0 Å². The van der Waals surface area contributed by atoms with Gasteiger partial charge < -0.3 is 5.11 Å². The second-order valence-corrected chi connectivity index (χ2v) is 4.03. The number of hydrogen-bond acceptors (Lipinski definition) is 3. The first-order chi connectivity index (χ1) is 9.15. The van der Waals surface area contributed by atoms with E-state index in [0.29, 0.717) is 23.0 Å². The molecule has 0 bridgehead atoms. The number of aliphatic hydroxyl groups excluding tert-OH is 1. The summed E-state index contributed by atoms with van der Waals surface area (Å²) < 4.78 is 12.8. The average molecular weight is 255 g/mol. The van der Waals surface area contributed by atoms with Gasteiger partial charge in [0.15, 0.2) is 0 Å². The second-order valence-electron chi connectivity index (χ2n) is 4.03. The van der Waals surface area contributed by atoms with Crippen molar-refractivity contribution in [3.63, 3.8) is 0 Å². The number of rotatable bonds is 3. The van der Waals surface area contributed by atoms with E-state index < -0.39 is 11.9 Å². The van der Waals surface area contributed by atoms with Gasteiger partial charge in [0.1, 0.15) is 18.2 Å². The number of hydrogen-bond donors (Lipinski definition) is 1. The molecule has 2 aromatic rings. The van der Waals surface area contributed by atoms with Crippen molar-refractivity contribution < 1.29 is 14.3 Å². The van der Waals surface area contributed by atoms with Gasteiger partial charge in [0.25, 0.3) is 0 Å². The summed E-state index contributed by atoms with van der Waals surface area (Å²) in [5.74, 6) is -0.397. The lowest BCUT2D eigenvalue weighted by molar-refractivity contribution is 0.111.